The summed E-state index contributed by atoms with van der Waals surface area (Å²) in [6, 6.07) is 3.82. The maximum absolute atomic E-state index is 10.8. The van der Waals surface area contributed by atoms with Gasteiger partial charge in [-0.05, 0) is 26.0 Å². The van der Waals surface area contributed by atoms with E-state index in [2.05, 4.69) is 18.7 Å². The maximum atomic E-state index is 10.8. The lowest BCUT2D eigenvalue weighted by Gasteiger charge is -2.26. The summed E-state index contributed by atoms with van der Waals surface area (Å²) in [4.78, 5) is 13.3. The summed E-state index contributed by atoms with van der Waals surface area (Å²) in [5, 5.41) is 9.84. The third-order valence-corrected chi connectivity index (χ3v) is 3.36. The molecule has 0 unspecified atom stereocenters. The predicted molar refractivity (Wildman–Crippen MR) is 65.6 cm³/mol. The van der Waals surface area contributed by atoms with E-state index in [0.29, 0.717) is 17.5 Å². The summed E-state index contributed by atoms with van der Waals surface area (Å²) < 4.78 is 5.04. The fraction of sp³-hybridized carbons (Fsp3) is 0.545. The molecule has 0 aliphatic heterocycles. The molecule has 90 valence electrons. The van der Waals surface area contributed by atoms with Gasteiger partial charge < -0.3 is 14.7 Å². The van der Waals surface area contributed by atoms with Crippen LogP contribution < -0.4 is 4.90 Å². The number of anilines is 1. The Kier molecular flexibility index (Phi) is 4.76. The van der Waals surface area contributed by atoms with Gasteiger partial charge in [0, 0.05) is 19.7 Å². The summed E-state index contributed by atoms with van der Waals surface area (Å²) in [5.74, 6) is -0.869. The number of nitrogens with zero attached hydrogens (tertiary/aromatic N) is 1. The van der Waals surface area contributed by atoms with E-state index in [0.717, 1.165) is 11.5 Å². The Morgan fingerprint density at radius 1 is 1.56 bits per heavy atom. The Labute approximate surface area is 99.5 Å². The van der Waals surface area contributed by atoms with Crippen LogP contribution in [0.5, 0.6) is 0 Å². The minimum absolute atomic E-state index is 0.329. The topological polar surface area (TPSA) is 49.8 Å². The summed E-state index contributed by atoms with van der Waals surface area (Å²) in [5.41, 5.74) is 0. The number of hydrogen-bond donors (Lipinski definition) is 1. The van der Waals surface area contributed by atoms with Crippen LogP contribution in [0, 0.1) is 0 Å². The van der Waals surface area contributed by atoms with E-state index < -0.39 is 5.97 Å². The van der Waals surface area contributed by atoms with Crippen molar-refractivity contribution in [2.45, 2.75) is 19.9 Å². The largest absolute Gasteiger partial charge is 0.477 e. The van der Waals surface area contributed by atoms with Crippen molar-refractivity contribution in [3.05, 3.63) is 17.0 Å². The number of ether oxygens (including phenoxy) is 1. The van der Waals surface area contributed by atoms with Crippen LogP contribution in [-0.2, 0) is 4.74 Å². The molecule has 0 saturated carbocycles. The number of rotatable bonds is 6. The van der Waals surface area contributed by atoms with Gasteiger partial charge in [-0.1, -0.05) is 0 Å². The van der Waals surface area contributed by atoms with Crippen LogP contribution in [0.3, 0.4) is 0 Å². The predicted octanol–water partition coefficient (Wildman–Crippen LogP) is 2.31. The molecule has 0 amide bonds. The second kappa shape index (κ2) is 5.86. The fourth-order valence-corrected chi connectivity index (χ4v) is 2.41. The summed E-state index contributed by atoms with van der Waals surface area (Å²) in [7, 11) is 1.66. The van der Waals surface area contributed by atoms with E-state index >= 15 is 0 Å². The molecule has 1 heterocycles. The second-order valence-corrected chi connectivity index (χ2v) is 4.79. The third kappa shape index (κ3) is 3.21. The van der Waals surface area contributed by atoms with Crippen molar-refractivity contribution < 1.29 is 14.6 Å². The van der Waals surface area contributed by atoms with E-state index in [1.807, 2.05) is 6.07 Å². The van der Waals surface area contributed by atoms with Gasteiger partial charge >= 0.3 is 5.97 Å². The molecule has 0 aliphatic carbocycles. The maximum Gasteiger partial charge on any atom is 0.345 e. The molecule has 0 bridgehead atoms. The van der Waals surface area contributed by atoms with Gasteiger partial charge in [0.1, 0.15) is 4.88 Å². The Balaban J connectivity index is 2.80. The Morgan fingerprint density at radius 3 is 2.69 bits per heavy atom. The Morgan fingerprint density at radius 2 is 2.25 bits per heavy atom. The van der Waals surface area contributed by atoms with Crippen molar-refractivity contribution in [1.82, 2.24) is 0 Å². The molecular weight excluding hydrogens is 226 g/mol. The van der Waals surface area contributed by atoms with E-state index in [-0.39, 0.29) is 0 Å². The van der Waals surface area contributed by atoms with Gasteiger partial charge in [-0.2, -0.15) is 0 Å². The Hall–Kier alpha value is -1.07. The highest BCUT2D eigenvalue weighted by molar-refractivity contribution is 7.17. The van der Waals surface area contributed by atoms with Crippen LogP contribution >= 0.6 is 11.3 Å². The van der Waals surface area contributed by atoms with Gasteiger partial charge in [-0.3, -0.25) is 0 Å². The van der Waals surface area contributed by atoms with Crippen LogP contribution in [0.1, 0.15) is 23.5 Å². The fourth-order valence-electron chi connectivity index (χ4n) is 1.41. The van der Waals surface area contributed by atoms with Crippen molar-refractivity contribution >= 4 is 22.3 Å². The molecule has 0 spiro atoms. The smallest absolute Gasteiger partial charge is 0.345 e. The highest BCUT2D eigenvalue weighted by Gasteiger charge is 2.14. The number of methoxy groups -OCH3 is 1. The molecule has 0 atom stereocenters. The molecule has 0 saturated heterocycles. The molecule has 0 radical (unpaired) electrons. The number of aromatic carboxylic acids is 1. The standard InChI is InChI=1S/C11H17NO3S/c1-8(2)12(6-7-15-3)10-5-4-9(16-10)11(13)14/h4-5,8H,6-7H2,1-3H3,(H,13,14). The molecule has 1 aromatic rings. The van der Waals surface area contributed by atoms with Crippen molar-refractivity contribution in [3.8, 4) is 0 Å². The lowest BCUT2D eigenvalue weighted by atomic mass is 10.3. The molecule has 1 aromatic heterocycles. The minimum Gasteiger partial charge on any atom is -0.477 e. The first-order chi connectivity index (χ1) is 7.56. The molecule has 16 heavy (non-hydrogen) atoms. The molecular formula is C11H17NO3S. The molecule has 0 aliphatic rings. The number of thiophene rings is 1. The van der Waals surface area contributed by atoms with Gasteiger partial charge in [-0.25, -0.2) is 4.79 Å². The average molecular weight is 243 g/mol. The second-order valence-electron chi connectivity index (χ2n) is 3.72. The van der Waals surface area contributed by atoms with Gasteiger partial charge in [0.25, 0.3) is 0 Å². The monoisotopic (exact) mass is 243 g/mol. The van der Waals surface area contributed by atoms with E-state index in [4.69, 9.17) is 9.84 Å². The van der Waals surface area contributed by atoms with Crippen LogP contribution in [0.25, 0.3) is 0 Å². The SMILES string of the molecule is COCCN(c1ccc(C(=O)O)s1)C(C)C. The molecule has 4 nitrogen and oxygen atoms in total. The van der Waals surface area contributed by atoms with Gasteiger partial charge in [-0.15, -0.1) is 11.3 Å². The number of hydrogen-bond acceptors (Lipinski definition) is 4. The first-order valence-corrected chi connectivity index (χ1v) is 5.96. The van der Waals surface area contributed by atoms with Gasteiger partial charge in [0.15, 0.2) is 0 Å². The average Bonchev–Trinajstić information content (AvgIpc) is 2.67. The minimum atomic E-state index is -0.869. The molecule has 0 fully saturated rings. The quantitative estimate of drug-likeness (QED) is 0.833. The summed E-state index contributed by atoms with van der Waals surface area (Å²) in [6.45, 7) is 5.57. The van der Waals surface area contributed by atoms with Gasteiger partial charge in [0.05, 0.1) is 11.6 Å². The van der Waals surface area contributed by atoms with Crippen molar-refractivity contribution in [2.24, 2.45) is 0 Å². The lowest BCUT2D eigenvalue weighted by molar-refractivity contribution is 0.0702. The van der Waals surface area contributed by atoms with Crippen LogP contribution in [0.15, 0.2) is 12.1 Å². The van der Waals surface area contributed by atoms with Crippen molar-refractivity contribution in [3.63, 3.8) is 0 Å². The zero-order valence-electron chi connectivity index (χ0n) is 9.77. The van der Waals surface area contributed by atoms with Crippen molar-refractivity contribution in [1.29, 1.82) is 0 Å². The zero-order valence-corrected chi connectivity index (χ0v) is 10.6. The number of carbonyl (C=O) groups is 1. The molecule has 1 N–H and O–H groups in total. The van der Waals surface area contributed by atoms with E-state index in [9.17, 15) is 4.79 Å². The third-order valence-electron chi connectivity index (χ3n) is 2.25. The molecule has 5 heteroatoms. The first kappa shape index (κ1) is 13.0. The van der Waals surface area contributed by atoms with Crippen molar-refractivity contribution in [2.75, 3.05) is 25.2 Å². The first-order valence-electron chi connectivity index (χ1n) is 5.15. The highest BCUT2D eigenvalue weighted by atomic mass is 32.1. The van der Waals surface area contributed by atoms with Gasteiger partial charge in [0.2, 0.25) is 0 Å². The summed E-state index contributed by atoms with van der Waals surface area (Å²) >= 11 is 1.30. The molecule has 0 aromatic carbocycles. The summed E-state index contributed by atoms with van der Waals surface area (Å²) in [6.07, 6.45) is 0. The molecule has 1 rings (SSSR count). The normalized spacial score (nSPS) is 10.8. The Bertz CT molecular complexity index is 349. The van der Waals surface area contributed by atoms with E-state index in [1.54, 1.807) is 13.2 Å². The zero-order chi connectivity index (χ0) is 12.1. The highest BCUT2D eigenvalue weighted by Crippen LogP contribution is 2.27. The van der Waals surface area contributed by atoms with E-state index in [1.165, 1.54) is 11.3 Å². The number of carboxylic acid groups (broad SMARTS) is 1. The lowest BCUT2D eigenvalue weighted by Crippen LogP contribution is -2.33. The van der Waals surface area contributed by atoms with Crippen LogP contribution in [-0.4, -0.2) is 37.4 Å². The van der Waals surface area contributed by atoms with Crippen LogP contribution in [0.2, 0.25) is 0 Å². The van der Waals surface area contributed by atoms with Crippen LogP contribution in [0.4, 0.5) is 5.00 Å². The number of carboxylic acids is 1.